The molecule has 1 aromatic carbocycles. The maximum Gasteiger partial charge on any atom is 0.524 e. The monoisotopic (exact) mass is 701 g/mol. The molecule has 0 unspecified atom stereocenters. The molecule has 1 aromatic rings. The highest BCUT2D eigenvalue weighted by Crippen LogP contribution is 2.37. The Kier molecular flexibility index (Phi) is 17.4. The SMILES string of the molecule is CC(C)C[C@H](NC(=O)[C@H](CCC(=O)O)NC(=O)[C@@H](N)Cc1ccc(OP(=O)(O)O)cc1)C(=O)N[C@@H](CC(C)C)C(=O)N[C@H](C=O)[C@@H](C)O. The number of nitrogens with one attached hydrogen (secondary N) is 4. The molecule has 1 rings (SSSR count). The van der Waals surface area contributed by atoms with Gasteiger partial charge in [-0.2, -0.15) is 0 Å². The topological polar surface area (TPSA) is 284 Å². The van der Waals surface area contributed by atoms with Crippen molar-refractivity contribution >= 4 is 43.7 Å². The van der Waals surface area contributed by atoms with E-state index in [2.05, 4.69) is 25.8 Å². The molecule has 0 aromatic heterocycles. The number of benzene rings is 1. The third-order valence-corrected chi connectivity index (χ3v) is 7.32. The Hall–Kier alpha value is -3.89. The minimum Gasteiger partial charge on any atom is -0.481 e. The van der Waals surface area contributed by atoms with Crippen LogP contribution >= 0.6 is 7.82 Å². The normalized spacial score (nSPS) is 15.3. The molecule has 0 spiro atoms. The molecule has 0 radical (unpaired) electrons. The summed E-state index contributed by atoms with van der Waals surface area (Å²) >= 11 is 0. The molecule has 48 heavy (non-hydrogen) atoms. The summed E-state index contributed by atoms with van der Waals surface area (Å²) in [5.74, 6) is -4.68. The predicted molar refractivity (Wildman–Crippen MR) is 172 cm³/mol. The molecule has 0 saturated heterocycles. The van der Waals surface area contributed by atoms with Gasteiger partial charge in [0, 0.05) is 6.42 Å². The first kappa shape index (κ1) is 42.1. The maximum atomic E-state index is 13.4. The minimum absolute atomic E-state index is 0.0625. The maximum absolute atomic E-state index is 13.4. The number of carbonyl (C=O) groups excluding carboxylic acids is 5. The number of carbonyl (C=O) groups is 6. The third-order valence-electron chi connectivity index (χ3n) is 6.88. The van der Waals surface area contributed by atoms with E-state index < -0.39 is 80.2 Å². The molecule has 0 aliphatic heterocycles. The Labute approximate surface area is 279 Å². The van der Waals surface area contributed by atoms with Gasteiger partial charge in [-0.3, -0.25) is 33.8 Å². The van der Waals surface area contributed by atoms with E-state index in [1.54, 1.807) is 13.8 Å². The van der Waals surface area contributed by atoms with Crippen LogP contribution in [0.2, 0.25) is 0 Å². The Balaban J connectivity index is 3.12. The van der Waals surface area contributed by atoms with Gasteiger partial charge in [0.25, 0.3) is 0 Å². The van der Waals surface area contributed by atoms with Gasteiger partial charge in [-0.25, -0.2) is 4.57 Å². The molecule has 18 heteroatoms. The number of carboxylic acid groups (broad SMARTS) is 1. The van der Waals surface area contributed by atoms with E-state index >= 15 is 0 Å². The number of carboxylic acids is 1. The lowest BCUT2D eigenvalue weighted by atomic mass is 9.99. The third kappa shape index (κ3) is 16.3. The van der Waals surface area contributed by atoms with E-state index in [0.29, 0.717) is 11.8 Å². The van der Waals surface area contributed by atoms with Crippen LogP contribution < -0.4 is 31.5 Å². The van der Waals surface area contributed by atoms with Gasteiger partial charge >= 0.3 is 13.8 Å². The zero-order valence-corrected chi connectivity index (χ0v) is 28.5. The van der Waals surface area contributed by atoms with E-state index in [9.17, 15) is 43.5 Å². The van der Waals surface area contributed by atoms with Crippen LogP contribution in [-0.4, -0.2) is 92.2 Å². The van der Waals surface area contributed by atoms with Gasteiger partial charge in [0.05, 0.1) is 12.1 Å². The summed E-state index contributed by atoms with van der Waals surface area (Å²) in [6.45, 7) is 8.51. The molecule has 0 saturated carbocycles. The average Bonchev–Trinajstić information content (AvgIpc) is 2.96. The number of aldehydes is 1. The van der Waals surface area contributed by atoms with Crippen LogP contribution in [-0.2, 0) is 39.8 Å². The van der Waals surface area contributed by atoms with Crippen molar-refractivity contribution in [1.29, 1.82) is 0 Å². The quantitative estimate of drug-likeness (QED) is 0.0578. The summed E-state index contributed by atoms with van der Waals surface area (Å²) in [5, 5.41) is 29.0. The van der Waals surface area contributed by atoms with E-state index in [-0.39, 0.29) is 43.3 Å². The first-order valence-electron chi connectivity index (χ1n) is 15.4. The number of amides is 4. The van der Waals surface area contributed by atoms with Crippen molar-refractivity contribution in [3.8, 4) is 5.75 Å². The van der Waals surface area contributed by atoms with Crippen LogP contribution in [0.4, 0.5) is 0 Å². The number of phosphoric ester groups is 1. The van der Waals surface area contributed by atoms with E-state index in [4.69, 9.17) is 15.5 Å². The fourth-order valence-corrected chi connectivity index (χ4v) is 4.87. The molecular weight excluding hydrogens is 653 g/mol. The van der Waals surface area contributed by atoms with Crippen LogP contribution in [0.5, 0.6) is 5.75 Å². The summed E-state index contributed by atoms with van der Waals surface area (Å²) < 4.78 is 15.5. The Morgan fingerprint density at radius 1 is 0.812 bits per heavy atom. The van der Waals surface area contributed by atoms with Crippen molar-refractivity contribution in [1.82, 2.24) is 21.3 Å². The van der Waals surface area contributed by atoms with E-state index in [1.165, 1.54) is 31.2 Å². The molecule has 0 bridgehead atoms. The van der Waals surface area contributed by atoms with Crippen molar-refractivity contribution in [3.63, 3.8) is 0 Å². The minimum atomic E-state index is -4.77. The van der Waals surface area contributed by atoms with Gasteiger partial charge in [0.2, 0.25) is 23.6 Å². The number of aliphatic carboxylic acids is 1. The number of nitrogens with two attached hydrogens (primary N) is 1. The highest BCUT2D eigenvalue weighted by molar-refractivity contribution is 7.46. The van der Waals surface area contributed by atoms with Gasteiger partial charge in [0.1, 0.15) is 36.2 Å². The second-order valence-electron chi connectivity index (χ2n) is 12.3. The van der Waals surface area contributed by atoms with Crippen LogP contribution in [0.25, 0.3) is 0 Å². The predicted octanol–water partition coefficient (Wildman–Crippen LogP) is -0.496. The number of aliphatic hydroxyl groups is 1. The summed E-state index contributed by atoms with van der Waals surface area (Å²) in [6, 6.07) is -0.766. The standard InChI is InChI=1S/C30H48N5O12P/c1-16(2)12-23(29(42)34-24(13-17(3)4)30(43)35-25(15-36)18(5)37)33-28(41)22(10-11-26(38)39)32-27(40)21(31)14-19-6-8-20(9-7-19)47-48(44,45)46/h6-9,15-18,21-25,37H,10-14,31H2,1-5H3,(H,32,40)(H,33,41)(H,34,42)(H,35,43)(H,38,39)(H2,44,45,46)/t18-,21+,22+,23+,24+,25-/m1/s1. The van der Waals surface area contributed by atoms with Crippen molar-refractivity contribution in [2.45, 2.75) is 103 Å². The highest BCUT2D eigenvalue weighted by Gasteiger charge is 2.32. The molecule has 0 aliphatic rings. The van der Waals surface area contributed by atoms with Crippen LogP contribution in [0.3, 0.4) is 0 Å². The van der Waals surface area contributed by atoms with Crippen molar-refractivity contribution in [2.75, 3.05) is 0 Å². The molecule has 0 fully saturated rings. The summed E-state index contributed by atoms with van der Waals surface area (Å²) in [6.07, 6.45) is -1.44. The van der Waals surface area contributed by atoms with E-state index in [0.717, 1.165) is 0 Å². The first-order chi connectivity index (χ1) is 22.2. The Morgan fingerprint density at radius 2 is 1.27 bits per heavy atom. The highest BCUT2D eigenvalue weighted by atomic mass is 31.2. The van der Waals surface area contributed by atoms with E-state index in [1.807, 2.05) is 13.8 Å². The molecule has 0 aliphatic carbocycles. The van der Waals surface area contributed by atoms with Gasteiger partial charge in [-0.15, -0.1) is 0 Å². The fourth-order valence-electron chi connectivity index (χ4n) is 4.47. The molecule has 10 N–H and O–H groups in total. The van der Waals surface area contributed by atoms with Crippen LogP contribution in [0.15, 0.2) is 24.3 Å². The summed E-state index contributed by atoms with van der Waals surface area (Å²) in [5.41, 5.74) is 6.53. The van der Waals surface area contributed by atoms with Gasteiger partial charge in [0.15, 0.2) is 0 Å². The van der Waals surface area contributed by atoms with Crippen LogP contribution in [0.1, 0.15) is 65.9 Å². The number of phosphoric acid groups is 1. The molecule has 270 valence electrons. The number of hydrogen-bond acceptors (Lipinski definition) is 10. The summed E-state index contributed by atoms with van der Waals surface area (Å²) in [7, 11) is -4.77. The Bertz CT molecular complexity index is 1300. The zero-order valence-electron chi connectivity index (χ0n) is 27.6. The second kappa shape index (κ2) is 19.8. The van der Waals surface area contributed by atoms with Crippen LogP contribution in [0, 0.1) is 11.8 Å². The van der Waals surface area contributed by atoms with Gasteiger partial charge in [-0.1, -0.05) is 39.8 Å². The fraction of sp³-hybridized carbons (Fsp3) is 0.600. The van der Waals surface area contributed by atoms with Crippen molar-refractivity contribution in [2.24, 2.45) is 17.6 Å². The average molecular weight is 702 g/mol. The number of hydrogen-bond donors (Lipinski definition) is 9. The number of rotatable bonds is 21. The smallest absolute Gasteiger partial charge is 0.481 e. The van der Waals surface area contributed by atoms with Crippen molar-refractivity contribution < 1.29 is 57.9 Å². The second-order valence-corrected chi connectivity index (χ2v) is 13.5. The van der Waals surface area contributed by atoms with Crippen molar-refractivity contribution in [3.05, 3.63) is 29.8 Å². The van der Waals surface area contributed by atoms with Gasteiger partial charge in [-0.05, 0) is 62.1 Å². The molecule has 17 nitrogen and oxygen atoms in total. The Morgan fingerprint density at radius 3 is 1.69 bits per heavy atom. The lowest BCUT2D eigenvalue weighted by Crippen LogP contribution is -2.59. The number of aliphatic hydroxyl groups excluding tert-OH is 1. The van der Waals surface area contributed by atoms with Gasteiger partial charge < -0.3 is 46.5 Å². The lowest BCUT2D eigenvalue weighted by Gasteiger charge is -2.28. The molecular formula is C30H48N5O12P. The first-order valence-corrected chi connectivity index (χ1v) is 16.9. The molecule has 4 amide bonds. The lowest BCUT2D eigenvalue weighted by molar-refractivity contribution is -0.138. The zero-order chi connectivity index (χ0) is 36.8. The largest absolute Gasteiger partial charge is 0.524 e. The molecule has 6 atom stereocenters. The molecule has 0 heterocycles. The summed E-state index contributed by atoms with van der Waals surface area (Å²) in [4.78, 5) is 93.3.